The van der Waals surface area contributed by atoms with Gasteiger partial charge in [0.2, 0.25) is 5.91 Å². The summed E-state index contributed by atoms with van der Waals surface area (Å²) in [6.45, 7) is 6.89. The first-order valence-corrected chi connectivity index (χ1v) is 8.92. The van der Waals surface area contributed by atoms with E-state index in [1.807, 2.05) is 23.4 Å². The molecular formula is C16H23N5OS. The summed E-state index contributed by atoms with van der Waals surface area (Å²) in [4.78, 5) is 27.0. The maximum atomic E-state index is 13.1. The fraction of sp³-hybridized carbons (Fsp3) is 0.562. The minimum Gasteiger partial charge on any atom is -0.350 e. The zero-order chi connectivity index (χ0) is 16.4. The largest absolute Gasteiger partial charge is 0.350 e. The monoisotopic (exact) mass is 333 g/mol. The molecule has 7 heteroatoms. The standard InChI is InChI=1S/C16H23N5OS/c1-10(2)13(20-16-17-6-8-23-16)15(22)21-7-4-5-12(21)14-18-9-11(3)19-14/h6,8-10,12-13H,4-5,7H2,1-3H3,(H,17,20)(H,18,19)/t12-,13-/m0/s1. The molecule has 6 nitrogen and oxygen atoms in total. The molecule has 23 heavy (non-hydrogen) atoms. The van der Waals surface area contributed by atoms with Crippen molar-refractivity contribution < 1.29 is 4.79 Å². The summed E-state index contributed by atoms with van der Waals surface area (Å²) in [5, 5.41) is 6.00. The van der Waals surface area contributed by atoms with Crippen LogP contribution in [0.1, 0.15) is 44.2 Å². The number of hydrogen-bond acceptors (Lipinski definition) is 5. The number of nitrogens with zero attached hydrogens (tertiary/aromatic N) is 3. The second-order valence-electron chi connectivity index (χ2n) is 6.34. The second-order valence-corrected chi connectivity index (χ2v) is 7.24. The van der Waals surface area contributed by atoms with E-state index in [1.165, 1.54) is 11.3 Å². The smallest absolute Gasteiger partial charge is 0.246 e. The van der Waals surface area contributed by atoms with Crippen LogP contribution in [0, 0.1) is 12.8 Å². The van der Waals surface area contributed by atoms with E-state index in [0.717, 1.165) is 36.0 Å². The van der Waals surface area contributed by atoms with E-state index < -0.39 is 0 Å². The molecule has 0 saturated carbocycles. The second kappa shape index (κ2) is 6.70. The maximum Gasteiger partial charge on any atom is 0.246 e. The van der Waals surface area contributed by atoms with Crippen LogP contribution in [-0.2, 0) is 4.79 Å². The van der Waals surface area contributed by atoms with Gasteiger partial charge in [-0.3, -0.25) is 4.79 Å². The first kappa shape index (κ1) is 16.0. The number of likely N-dealkylation sites (tertiary alicyclic amines) is 1. The Labute approximate surface area is 140 Å². The molecule has 1 aliphatic heterocycles. The highest BCUT2D eigenvalue weighted by Crippen LogP contribution is 2.32. The number of aromatic nitrogens is 3. The van der Waals surface area contributed by atoms with Gasteiger partial charge in [0.15, 0.2) is 5.13 Å². The Morgan fingerprint density at radius 2 is 2.30 bits per heavy atom. The lowest BCUT2D eigenvalue weighted by molar-refractivity contribution is -0.134. The quantitative estimate of drug-likeness (QED) is 0.882. The van der Waals surface area contributed by atoms with Crippen LogP contribution in [0.3, 0.4) is 0 Å². The lowest BCUT2D eigenvalue weighted by Crippen LogP contribution is -2.45. The van der Waals surface area contributed by atoms with Crippen molar-refractivity contribution >= 4 is 22.4 Å². The average molecular weight is 333 g/mol. The number of hydrogen-bond donors (Lipinski definition) is 2. The zero-order valence-corrected chi connectivity index (χ0v) is 14.6. The highest BCUT2D eigenvalue weighted by Gasteiger charge is 2.36. The molecule has 2 aromatic heterocycles. The molecule has 1 aliphatic rings. The molecule has 2 aromatic rings. The van der Waals surface area contributed by atoms with Gasteiger partial charge in [0.05, 0.1) is 6.04 Å². The van der Waals surface area contributed by atoms with Crippen LogP contribution in [0.5, 0.6) is 0 Å². The van der Waals surface area contributed by atoms with Crippen molar-refractivity contribution in [3.05, 3.63) is 29.3 Å². The molecular weight excluding hydrogens is 310 g/mol. The van der Waals surface area contributed by atoms with Crippen molar-refractivity contribution in [1.82, 2.24) is 19.9 Å². The number of anilines is 1. The number of thiazole rings is 1. The van der Waals surface area contributed by atoms with E-state index in [4.69, 9.17) is 0 Å². The number of imidazole rings is 1. The molecule has 0 unspecified atom stereocenters. The van der Waals surface area contributed by atoms with Crippen molar-refractivity contribution in [2.75, 3.05) is 11.9 Å². The van der Waals surface area contributed by atoms with Crippen LogP contribution in [0.2, 0.25) is 0 Å². The number of carbonyl (C=O) groups is 1. The summed E-state index contributed by atoms with van der Waals surface area (Å²) in [7, 11) is 0. The van der Waals surface area contributed by atoms with Crippen molar-refractivity contribution in [1.29, 1.82) is 0 Å². The van der Waals surface area contributed by atoms with E-state index in [0.29, 0.717) is 0 Å². The first-order chi connectivity index (χ1) is 11.1. The molecule has 3 heterocycles. The van der Waals surface area contributed by atoms with Crippen molar-refractivity contribution in [2.45, 2.75) is 45.7 Å². The summed E-state index contributed by atoms with van der Waals surface area (Å²) in [6, 6.07) is -0.214. The van der Waals surface area contributed by atoms with E-state index in [2.05, 4.69) is 34.1 Å². The minimum atomic E-state index is -0.266. The summed E-state index contributed by atoms with van der Waals surface area (Å²) in [5.74, 6) is 1.21. The molecule has 0 radical (unpaired) electrons. The third-order valence-corrected chi connectivity index (χ3v) is 4.92. The van der Waals surface area contributed by atoms with Crippen LogP contribution in [-0.4, -0.2) is 38.3 Å². The Balaban J connectivity index is 1.78. The van der Waals surface area contributed by atoms with Crippen molar-refractivity contribution in [3.8, 4) is 0 Å². The Morgan fingerprint density at radius 1 is 1.48 bits per heavy atom. The van der Waals surface area contributed by atoms with E-state index >= 15 is 0 Å². The number of rotatable bonds is 5. The third-order valence-electron chi connectivity index (χ3n) is 4.22. The molecule has 2 atom stereocenters. The Bertz CT molecular complexity index is 651. The van der Waals surface area contributed by atoms with Gasteiger partial charge in [-0.25, -0.2) is 9.97 Å². The topological polar surface area (TPSA) is 73.9 Å². The van der Waals surface area contributed by atoms with Gasteiger partial charge in [0.1, 0.15) is 11.9 Å². The summed E-state index contributed by atoms with van der Waals surface area (Å²) in [6.07, 6.45) is 5.54. The van der Waals surface area contributed by atoms with Gasteiger partial charge in [-0.2, -0.15) is 0 Å². The van der Waals surface area contributed by atoms with Crippen LogP contribution in [0.15, 0.2) is 17.8 Å². The van der Waals surface area contributed by atoms with Gasteiger partial charge in [0.25, 0.3) is 0 Å². The lowest BCUT2D eigenvalue weighted by atomic mass is 10.0. The van der Waals surface area contributed by atoms with Crippen LogP contribution in [0.25, 0.3) is 0 Å². The molecule has 0 aromatic carbocycles. The van der Waals surface area contributed by atoms with Crippen LogP contribution in [0.4, 0.5) is 5.13 Å². The third kappa shape index (κ3) is 3.39. The van der Waals surface area contributed by atoms with Gasteiger partial charge in [-0.05, 0) is 25.7 Å². The summed E-state index contributed by atoms with van der Waals surface area (Å²) in [5.41, 5.74) is 1.03. The zero-order valence-electron chi connectivity index (χ0n) is 13.7. The molecule has 1 amide bonds. The molecule has 2 N–H and O–H groups in total. The fourth-order valence-electron chi connectivity index (χ4n) is 3.04. The van der Waals surface area contributed by atoms with Crippen LogP contribution < -0.4 is 5.32 Å². The Morgan fingerprint density at radius 3 is 2.91 bits per heavy atom. The molecule has 124 valence electrons. The normalized spacial score (nSPS) is 19.3. The number of aromatic amines is 1. The number of H-pyrrole nitrogens is 1. The number of nitrogens with one attached hydrogen (secondary N) is 2. The number of carbonyl (C=O) groups excluding carboxylic acids is 1. The van der Waals surface area contributed by atoms with Gasteiger partial charge in [-0.1, -0.05) is 13.8 Å². The van der Waals surface area contributed by atoms with Crippen LogP contribution >= 0.6 is 11.3 Å². The first-order valence-electron chi connectivity index (χ1n) is 8.04. The van der Waals surface area contributed by atoms with Gasteiger partial charge in [0, 0.05) is 30.0 Å². The predicted octanol–water partition coefficient (Wildman–Crippen LogP) is 2.97. The SMILES string of the molecule is Cc1cnc([C@@H]2CCCN2C(=O)[C@@H](Nc2nccs2)C(C)C)[nH]1. The van der Waals surface area contributed by atoms with Gasteiger partial charge < -0.3 is 15.2 Å². The highest BCUT2D eigenvalue weighted by molar-refractivity contribution is 7.13. The summed E-state index contributed by atoms with van der Waals surface area (Å²) >= 11 is 1.52. The van der Waals surface area contributed by atoms with E-state index in [1.54, 1.807) is 6.20 Å². The van der Waals surface area contributed by atoms with Gasteiger partial charge >= 0.3 is 0 Å². The molecule has 0 spiro atoms. The van der Waals surface area contributed by atoms with E-state index in [9.17, 15) is 4.79 Å². The lowest BCUT2D eigenvalue weighted by Gasteiger charge is -2.30. The maximum absolute atomic E-state index is 13.1. The molecule has 1 saturated heterocycles. The average Bonchev–Trinajstić information content (AvgIpc) is 3.24. The highest BCUT2D eigenvalue weighted by atomic mass is 32.1. The Kier molecular flexibility index (Phi) is 4.66. The van der Waals surface area contributed by atoms with Gasteiger partial charge in [-0.15, -0.1) is 11.3 Å². The summed E-state index contributed by atoms with van der Waals surface area (Å²) < 4.78 is 0. The molecule has 3 rings (SSSR count). The Hall–Kier alpha value is -1.89. The molecule has 0 bridgehead atoms. The van der Waals surface area contributed by atoms with E-state index in [-0.39, 0.29) is 23.9 Å². The fourth-order valence-corrected chi connectivity index (χ4v) is 3.60. The van der Waals surface area contributed by atoms with Crippen molar-refractivity contribution in [3.63, 3.8) is 0 Å². The molecule has 0 aliphatic carbocycles. The predicted molar refractivity (Wildman–Crippen MR) is 91.4 cm³/mol. The molecule has 1 fully saturated rings. The number of amides is 1. The minimum absolute atomic E-state index is 0.0514. The number of aryl methyl sites for hydroxylation is 1. The van der Waals surface area contributed by atoms with Crippen molar-refractivity contribution in [2.24, 2.45) is 5.92 Å².